The summed E-state index contributed by atoms with van der Waals surface area (Å²) in [6.45, 7) is 5.03. The van der Waals surface area contributed by atoms with Crippen LogP contribution >= 0.6 is 0 Å². The highest BCUT2D eigenvalue weighted by Crippen LogP contribution is 2.54. The molecule has 1 aliphatic heterocycles. The highest BCUT2D eigenvalue weighted by Gasteiger charge is 2.60. The number of Topliss-reactive ketones (excluding diaryl/α,β-unsaturated/α-hetero) is 1. The van der Waals surface area contributed by atoms with Gasteiger partial charge in [-0.2, -0.15) is 0 Å². The molecule has 0 amide bonds. The molecule has 1 aliphatic carbocycles. The monoisotopic (exact) mass is 317 g/mol. The second-order valence-electron chi connectivity index (χ2n) is 7.31. The van der Waals surface area contributed by atoms with E-state index in [0.29, 0.717) is 19.3 Å². The minimum Gasteiger partial charge on any atom is -0.497 e. The molecule has 0 radical (unpaired) electrons. The molecule has 1 saturated heterocycles. The van der Waals surface area contributed by atoms with Crippen molar-refractivity contribution < 1.29 is 14.6 Å². The number of benzene rings is 1. The van der Waals surface area contributed by atoms with Gasteiger partial charge in [0.25, 0.3) is 0 Å². The average Bonchev–Trinajstić information content (AvgIpc) is 2.54. The molecule has 0 aromatic heterocycles. The van der Waals surface area contributed by atoms with Gasteiger partial charge >= 0.3 is 0 Å². The normalized spacial score (nSPS) is 35.0. The third-order valence-electron chi connectivity index (χ3n) is 6.32. The largest absolute Gasteiger partial charge is 0.497 e. The number of carbonyl (C=O) groups is 1. The van der Waals surface area contributed by atoms with Crippen LogP contribution in [0.15, 0.2) is 18.2 Å². The Labute approximate surface area is 138 Å². The summed E-state index contributed by atoms with van der Waals surface area (Å²) in [4.78, 5) is 14.5. The summed E-state index contributed by atoms with van der Waals surface area (Å²) < 4.78 is 5.41. The maximum atomic E-state index is 12.3. The van der Waals surface area contributed by atoms with Gasteiger partial charge in [0.1, 0.15) is 11.5 Å². The van der Waals surface area contributed by atoms with Crippen LogP contribution < -0.4 is 4.74 Å². The molecular formula is C19H27NO3. The van der Waals surface area contributed by atoms with Crippen molar-refractivity contribution in [3.63, 3.8) is 0 Å². The van der Waals surface area contributed by atoms with E-state index >= 15 is 0 Å². The summed E-state index contributed by atoms with van der Waals surface area (Å²) in [6, 6.07) is 6.02. The standard InChI is InChI=1S/C19H27NO3/c1-13-5-6-16(23-4)11-17(13)18-9-10-20(3)14(2)19(18,22)8-7-15(21)12-18/h5-6,11,14,22H,7-10,12H2,1-4H3. The Hall–Kier alpha value is -1.39. The molecular weight excluding hydrogens is 290 g/mol. The number of fused-ring (bicyclic) bond motifs is 1. The van der Waals surface area contributed by atoms with Crippen molar-refractivity contribution in [2.75, 3.05) is 20.7 Å². The quantitative estimate of drug-likeness (QED) is 0.910. The third-order valence-corrected chi connectivity index (χ3v) is 6.32. The predicted molar refractivity (Wildman–Crippen MR) is 89.9 cm³/mol. The van der Waals surface area contributed by atoms with Crippen molar-refractivity contribution in [3.05, 3.63) is 29.3 Å². The van der Waals surface area contributed by atoms with E-state index < -0.39 is 11.0 Å². The summed E-state index contributed by atoms with van der Waals surface area (Å²) in [7, 11) is 3.71. The Kier molecular flexibility index (Phi) is 4.01. The number of aliphatic hydroxyl groups is 1. The van der Waals surface area contributed by atoms with Gasteiger partial charge in [0.2, 0.25) is 0 Å². The number of nitrogens with zero attached hydrogens (tertiary/aromatic N) is 1. The third kappa shape index (κ3) is 2.31. The fraction of sp³-hybridized carbons (Fsp3) is 0.632. The van der Waals surface area contributed by atoms with Crippen LogP contribution in [0, 0.1) is 6.92 Å². The lowest BCUT2D eigenvalue weighted by molar-refractivity contribution is -0.161. The van der Waals surface area contributed by atoms with Gasteiger partial charge in [0.05, 0.1) is 12.7 Å². The number of ether oxygens (including phenoxy) is 1. The van der Waals surface area contributed by atoms with Gasteiger partial charge in [-0.25, -0.2) is 0 Å². The Morgan fingerprint density at radius 1 is 1.35 bits per heavy atom. The molecule has 0 bridgehead atoms. The van der Waals surface area contributed by atoms with Crippen molar-refractivity contribution in [3.8, 4) is 5.75 Å². The van der Waals surface area contributed by atoms with Gasteiger partial charge in [-0.05, 0) is 63.5 Å². The van der Waals surface area contributed by atoms with Crippen LogP contribution in [-0.4, -0.2) is 48.1 Å². The van der Waals surface area contributed by atoms with Crippen molar-refractivity contribution >= 4 is 5.78 Å². The van der Waals surface area contributed by atoms with Gasteiger partial charge < -0.3 is 14.7 Å². The van der Waals surface area contributed by atoms with Gasteiger partial charge in [-0.1, -0.05) is 6.07 Å². The second kappa shape index (κ2) is 5.60. The highest BCUT2D eigenvalue weighted by atomic mass is 16.5. The summed E-state index contributed by atoms with van der Waals surface area (Å²) in [5, 5.41) is 11.7. The van der Waals surface area contributed by atoms with Crippen molar-refractivity contribution in [2.24, 2.45) is 0 Å². The summed E-state index contributed by atoms with van der Waals surface area (Å²) >= 11 is 0. The Morgan fingerprint density at radius 3 is 2.78 bits per heavy atom. The molecule has 1 saturated carbocycles. The SMILES string of the molecule is COc1ccc(C)c(C23CCN(C)C(C)C2(O)CCC(=O)C3)c1. The Balaban J connectivity index is 2.20. The second-order valence-corrected chi connectivity index (χ2v) is 7.31. The number of methoxy groups -OCH3 is 1. The number of piperidine rings is 1. The molecule has 23 heavy (non-hydrogen) atoms. The van der Waals surface area contributed by atoms with E-state index in [2.05, 4.69) is 25.8 Å². The van der Waals surface area contributed by atoms with Gasteiger partial charge in [-0.15, -0.1) is 0 Å². The van der Waals surface area contributed by atoms with Crippen LogP contribution in [0.1, 0.15) is 43.7 Å². The van der Waals surface area contributed by atoms with Crippen LogP contribution in [0.25, 0.3) is 0 Å². The van der Waals surface area contributed by atoms with Gasteiger partial charge in [-0.3, -0.25) is 4.79 Å². The molecule has 3 rings (SSSR count). The zero-order valence-corrected chi connectivity index (χ0v) is 14.6. The van der Waals surface area contributed by atoms with Crippen LogP contribution in [0.2, 0.25) is 0 Å². The predicted octanol–water partition coefficient (Wildman–Crippen LogP) is 2.45. The van der Waals surface area contributed by atoms with E-state index in [0.717, 1.165) is 29.8 Å². The molecule has 3 atom stereocenters. The van der Waals surface area contributed by atoms with Gasteiger partial charge in [0, 0.05) is 24.3 Å². The fourth-order valence-electron chi connectivity index (χ4n) is 4.69. The van der Waals surface area contributed by atoms with Crippen molar-refractivity contribution in [1.82, 2.24) is 4.90 Å². The molecule has 1 heterocycles. The smallest absolute Gasteiger partial charge is 0.134 e. The lowest BCUT2D eigenvalue weighted by Crippen LogP contribution is -2.69. The number of hydrogen-bond acceptors (Lipinski definition) is 4. The fourth-order valence-corrected chi connectivity index (χ4v) is 4.69. The zero-order valence-electron chi connectivity index (χ0n) is 14.6. The van der Waals surface area contributed by atoms with Gasteiger partial charge in [0.15, 0.2) is 0 Å². The molecule has 1 aromatic rings. The Bertz CT molecular complexity index is 629. The van der Waals surface area contributed by atoms with E-state index in [9.17, 15) is 9.90 Å². The lowest BCUT2D eigenvalue weighted by atomic mass is 9.53. The van der Waals surface area contributed by atoms with Crippen molar-refractivity contribution in [2.45, 2.75) is 56.6 Å². The van der Waals surface area contributed by atoms with Crippen LogP contribution in [0.5, 0.6) is 5.75 Å². The molecule has 4 heteroatoms. The first-order valence-electron chi connectivity index (χ1n) is 8.43. The maximum absolute atomic E-state index is 12.3. The van der Waals surface area contributed by atoms with Crippen molar-refractivity contribution in [1.29, 1.82) is 0 Å². The first-order valence-corrected chi connectivity index (χ1v) is 8.43. The van der Waals surface area contributed by atoms with E-state index in [-0.39, 0.29) is 11.8 Å². The first kappa shape index (κ1) is 16.5. The average molecular weight is 317 g/mol. The number of hydrogen-bond donors (Lipinski definition) is 1. The number of likely N-dealkylation sites (N-methyl/N-ethyl adjacent to an activating group) is 1. The van der Waals surface area contributed by atoms with E-state index in [1.54, 1.807) is 7.11 Å². The lowest BCUT2D eigenvalue weighted by Gasteiger charge is -2.59. The molecule has 2 fully saturated rings. The molecule has 1 N–H and O–H groups in total. The molecule has 2 aliphatic rings. The number of ketones is 1. The molecule has 0 spiro atoms. The summed E-state index contributed by atoms with van der Waals surface area (Å²) in [5.74, 6) is 1.04. The van der Waals surface area contributed by atoms with Crippen LogP contribution in [0.4, 0.5) is 0 Å². The van der Waals surface area contributed by atoms with Crippen LogP contribution in [-0.2, 0) is 10.2 Å². The van der Waals surface area contributed by atoms with E-state index in [1.807, 2.05) is 18.2 Å². The number of rotatable bonds is 2. The zero-order chi connectivity index (χ0) is 16.8. The molecule has 126 valence electrons. The minimum absolute atomic E-state index is 0.0231. The molecule has 1 aromatic carbocycles. The summed E-state index contributed by atoms with van der Waals surface area (Å²) in [6.07, 6.45) is 2.23. The Morgan fingerprint density at radius 2 is 2.09 bits per heavy atom. The maximum Gasteiger partial charge on any atom is 0.134 e. The summed E-state index contributed by atoms with van der Waals surface area (Å²) in [5.41, 5.74) is 0.806. The molecule has 3 unspecified atom stereocenters. The van der Waals surface area contributed by atoms with Crippen LogP contribution in [0.3, 0.4) is 0 Å². The first-order chi connectivity index (χ1) is 10.8. The molecule has 4 nitrogen and oxygen atoms in total. The topological polar surface area (TPSA) is 49.8 Å². The number of aryl methyl sites for hydroxylation is 1. The van der Waals surface area contributed by atoms with E-state index in [1.165, 1.54) is 0 Å². The number of carbonyl (C=O) groups excluding carboxylic acids is 1. The highest BCUT2D eigenvalue weighted by molar-refractivity contribution is 5.82. The number of likely N-dealkylation sites (tertiary alicyclic amines) is 1. The minimum atomic E-state index is -0.884. The van der Waals surface area contributed by atoms with E-state index in [4.69, 9.17) is 4.74 Å².